The molecule has 1 N–H and O–H groups in total. The van der Waals surface area contributed by atoms with Gasteiger partial charge in [0.15, 0.2) is 5.69 Å². The Morgan fingerprint density at radius 1 is 1.53 bits per heavy atom. The molecule has 0 aromatic carbocycles. The summed E-state index contributed by atoms with van der Waals surface area (Å²) in [6.07, 6.45) is 0. The third-order valence-electron chi connectivity index (χ3n) is 2.23. The number of nitrogens with zero attached hydrogens (tertiary/aromatic N) is 3. The van der Waals surface area contributed by atoms with Crippen LogP contribution in [0.25, 0.3) is 0 Å². The van der Waals surface area contributed by atoms with Crippen LogP contribution in [0, 0.1) is 16.7 Å². The predicted octanol–water partition coefficient (Wildman–Crippen LogP) is 0.959. The summed E-state index contributed by atoms with van der Waals surface area (Å²) in [6.45, 7) is 3.91. The molecule has 0 atom stereocenters. The number of methoxy groups -OCH3 is 1. The van der Waals surface area contributed by atoms with E-state index in [1.807, 2.05) is 6.07 Å². The van der Waals surface area contributed by atoms with Crippen LogP contribution in [-0.2, 0) is 9.53 Å². The minimum Gasteiger partial charge on any atom is -0.469 e. The van der Waals surface area contributed by atoms with Crippen molar-refractivity contribution in [2.24, 2.45) is 5.41 Å². The number of rotatable bonds is 4. The Kier molecular flexibility index (Phi) is 3.99. The summed E-state index contributed by atoms with van der Waals surface area (Å²) < 4.78 is 4.68. The van der Waals surface area contributed by atoms with E-state index in [1.54, 1.807) is 26.0 Å². The molecule has 0 aliphatic heterocycles. The zero-order valence-corrected chi connectivity index (χ0v) is 10.0. The number of hydrogen-bond donors (Lipinski definition) is 1. The van der Waals surface area contributed by atoms with Gasteiger partial charge in [-0.1, -0.05) is 0 Å². The summed E-state index contributed by atoms with van der Waals surface area (Å²) in [5.74, 6) is 0.215. The van der Waals surface area contributed by atoms with Gasteiger partial charge in [-0.05, 0) is 26.0 Å². The number of nitriles is 1. The second-order valence-corrected chi connectivity index (χ2v) is 4.14. The van der Waals surface area contributed by atoms with Gasteiger partial charge >= 0.3 is 5.97 Å². The molecule has 1 aromatic heterocycles. The van der Waals surface area contributed by atoms with Crippen LogP contribution < -0.4 is 5.32 Å². The molecular weight excluding hydrogens is 220 g/mol. The summed E-state index contributed by atoms with van der Waals surface area (Å²) in [5.41, 5.74) is -0.396. The van der Waals surface area contributed by atoms with Gasteiger partial charge in [-0.15, -0.1) is 10.2 Å². The maximum Gasteiger partial charge on any atom is 0.313 e. The first-order valence-electron chi connectivity index (χ1n) is 5.06. The number of esters is 1. The van der Waals surface area contributed by atoms with Crippen molar-refractivity contribution in [3.63, 3.8) is 0 Å². The van der Waals surface area contributed by atoms with Crippen molar-refractivity contribution in [3.05, 3.63) is 17.8 Å². The van der Waals surface area contributed by atoms with Crippen LogP contribution in [0.4, 0.5) is 5.82 Å². The van der Waals surface area contributed by atoms with Gasteiger partial charge < -0.3 is 10.1 Å². The third kappa shape index (κ3) is 3.41. The smallest absolute Gasteiger partial charge is 0.313 e. The summed E-state index contributed by atoms with van der Waals surface area (Å²) in [5, 5.41) is 19.0. The van der Waals surface area contributed by atoms with Crippen molar-refractivity contribution in [1.29, 1.82) is 5.26 Å². The standard InChI is InChI=1S/C11H14N4O2/c1-11(2,10(16)17-3)7-13-9-5-4-8(6-12)14-15-9/h4-5H,7H2,1-3H3,(H,13,15). The van der Waals surface area contributed by atoms with Gasteiger partial charge in [0.25, 0.3) is 0 Å². The Bertz CT molecular complexity index is 434. The van der Waals surface area contributed by atoms with Gasteiger partial charge in [0.1, 0.15) is 11.9 Å². The fraction of sp³-hybridized carbons (Fsp3) is 0.455. The van der Waals surface area contributed by atoms with Crippen LogP contribution in [-0.4, -0.2) is 29.8 Å². The molecule has 17 heavy (non-hydrogen) atoms. The molecule has 0 saturated carbocycles. The van der Waals surface area contributed by atoms with E-state index in [-0.39, 0.29) is 11.7 Å². The van der Waals surface area contributed by atoms with Crippen LogP contribution >= 0.6 is 0 Å². The fourth-order valence-electron chi connectivity index (χ4n) is 1.15. The second kappa shape index (κ2) is 5.25. The number of aromatic nitrogens is 2. The topological polar surface area (TPSA) is 87.9 Å². The Morgan fingerprint density at radius 2 is 2.24 bits per heavy atom. The molecule has 1 aromatic rings. The molecule has 0 saturated heterocycles. The summed E-state index contributed by atoms with van der Waals surface area (Å²) in [4.78, 5) is 11.4. The van der Waals surface area contributed by atoms with E-state index in [9.17, 15) is 4.79 Å². The highest BCUT2D eigenvalue weighted by molar-refractivity contribution is 5.76. The maximum absolute atomic E-state index is 11.4. The minimum atomic E-state index is -0.648. The van der Waals surface area contributed by atoms with Crippen LogP contribution in [0.15, 0.2) is 12.1 Å². The molecule has 0 unspecified atom stereocenters. The Balaban J connectivity index is 2.61. The van der Waals surface area contributed by atoms with E-state index >= 15 is 0 Å². The van der Waals surface area contributed by atoms with Gasteiger partial charge in [0.2, 0.25) is 0 Å². The van der Waals surface area contributed by atoms with Crippen LogP contribution in [0.3, 0.4) is 0 Å². The highest BCUT2D eigenvalue weighted by atomic mass is 16.5. The molecule has 0 aliphatic carbocycles. The molecule has 0 aliphatic rings. The first kappa shape index (κ1) is 12.9. The van der Waals surface area contributed by atoms with Gasteiger partial charge in [0, 0.05) is 6.54 Å². The SMILES string of the molecule is COC(=O)C(C)(C)CNc1ccc(C#N)nn1. The van der Waals surface area contributed by atoms with Crippen molar-refractivity contribution in [2.75, 3.05) is 19.0 Å². The third-order valence-corrected chi connectivity index (χ3v) is 2.23. The molecular formula is C11H14N4O2. The molecule has 0 amide bonds. The van der Waals surface area contributed by atoms with Crippen LogP contribution in [0.5, 0.6) is 0 Å². The first-order chi connectivity index (χ1) is 7.99. The van der Waals surface area contributed by atoms with Crippen LogP contribution in [0.1, 0.15) is 19.5 Å². The lowest BCUT2D eigenvalue weighted by Crippen LogP contribution is -2.33. The highest BCUT2D eigenvalue weighted by Crippen LogP contribution is 2.17. The summed E-state index contributed by atoms with van der Waals surface area (Å²) in [6, 6.07) is 5.07. The number of anilines is 1. The molecule has 0 bridgehead atoms. The Morgan fingerprint density at radius 3 is 2.71 bits per heavy atom. The Hall–Kier alpha value is -2.16. The van der Waals surface area contributed by atoms with Gasteiger partial charge in [-0.3, -0.25) is 4.79 Å². The molecule has 90 valence electrons. The largest absolute Gasteiger partial charge is 0.469 e. The first-order valence-corrected chi connectivity index (χ1v) is 5.06. The zero-order chi connectivity index (χ0) is 12.9. The second-order valence-electron chi connectivity index (χ2n) is 4.14. The minimum absolute atomic E-state index is 0.253. The lowest BCUT2D eigenvalue weighted by Gasteiger charge is -2.21. The van der Waals surface area contributed by atoms with Crippen molar-refractivity contribution >= 4 is 11.8 Å². The normalized spacial score (nSPS) is 10.5. The lowest BCUT2D eigenvalue weighted by atomic mass is 9.94. The van der Waals surface area contributed by atoms with Gasteiger partial charge in [-0.2, -0.15) is 5.26 Å². The highest BCUT2D eigenvalue weighted by Gasteiger charge is 2.28. The molecule has 1 heterocycles. The predicted molar refractivity (Wildman–Crippen MR) is 61.0 cm³/mol. The van der Waals surface area contributed by atoms with Crippen molar-refractivity contribution in [1.82, 2.24) is 10.2 Å². The lowest BCUT2D eigenvalue weighted by molar-refractivity contribution is -0.149. The Labute approximate surface area is 99.6 Å². The monoisotopic (exact) mass is 234 g/mol. The number of hydrogen-bond acceptors (Lipinski definition) is 6. The summed E-state index contributed by atoms with van der Waals surface area (Å²) in [7, 11) is 1.35. The van der Waals surface area contributed by atoms with Crippen molar-refractivity contribution in [2.45, 2.75) is 13.8 Å². The average molecular weight is 234 g/mol. The number of nitrogens with one attached hydrogen (secondary N) is 1. The van der Waals surface area contributed by atoms with E-state index in [4.69, 9.17) is 5.26 Å². The maximum atomic E-state index is 11.4. The van der Waals surface area contributed by atoms with Crippen LogP contribution in [0.2, 0.25) is 0 Å². The van der Waals surface area contributed by atoms with E-state index in [0.717, 1.165) is 0 Å². The molecule has 6 nitrogen and oxygen atoms in total. The quantitative estimate of drug-likeness (QED) is 0.780. The van der Waals surface area contributed by atoms with Crippen molar-refractivity contribution in [3.8, 4) is 6.07 Å². The van der Waals surface area contributed by atoms with Crippen molar-refractivity contribution < 1.29 is 9.53 Å². The van der Waals surface area contributed by atoms with E-state index in [2.05, 4.69) is 20.3 Å². The zero-order valence-electron chi connectivity index (χ0n) is 10.0. The number of carbonyl (C=O) groups is 1. The average Bonchev–Trinajstić information content (AvgIpc) is 2.36. The van der Waals surface area contributed by atoms with E-state index in [1.165, 1.54) is 7.11 Å². The molecule has 0 fully saturated rings. The summed E-state index contributed by atoms with van der Waals surface area (Å²) >= 11 is 0. The number of ether oxygens (including phenoxy) is 1. The van der Waals surface area contributed by atoms with Gasteiger partial charge in [0.05, 0.1) is 12.5 Å². The van der Waals surface area contributed by atoms with E-state index < -0.39 is 5.41 Å². The van der Waals surface area contributed by atoms with E-state index in [0.29, 0.717) is 12.4 Å². The fourth-order valence-corrected chi connectivity index (χ4v) is 1.15. The molecule has 6 heteroatoms. The molecule has 1 rings (SSSR count). The van der Waals surface area contributed by atoms with Gasteiger partial charge in [-0.25, -0.2) is 0 Å². The molecule has 0 radical (unpaired) electrons. The molecule has 0 spiro atoms. The number of carbonyl (C=O) groups excluding carboxylic acids is 1.